The fraction of sp³-hybridized carbons (Fsp3) is 0.353. The Hall–Kier alpha value is -2.63. The molecule has 0 saturated carbocycles. The Morgan fingerprint density at radius 1 is 1.09 bits per heavy atom. The lowest BCUT2D eigenvalue weighted by molar-refractivity contribution is 0.659. The van der Waals surface area contributed by atoms with Crippen molar-refractivity contribution in [3.8, 4) is 0 Å². The van der Waals surface area contributed by atoms with Gasteiger partial charge in [0.2, 0.25) is 0 Å². The first-order chi connectivity index (χ1) is 11.3. The molecule has 120 valence electrons. The average molecular weight is 310 g/mol. The van der Waals surface area contributed by atoms with Gasteiger partial charge in [-0.05, 0) is 25.0 Å². The van der Waals surface area contributed by atoms with Gasteiger partial charge in [0.15, 0.2) is 5.84 Å². The monoisotopic (exact) mass is 310 g/mol. The van der Waals surface area contributed by atoms with Crippen LogP contribution in [-0.4, -0.2) is 15.8 Å². The zero-order chi connectivity index (χ0) is 16.5. The quantitative estimate of drug-likeness (QED) is 0.249. The average Bonchev–Trinajstić information content (AvgIpc) is 2.61. The first-order valence-electron chi connectivity index (χ1n) is 7.88. The third-order valence-corrected chi connectivity index (χ3v) is 3.55. The van der Waals surface area contributed by atoms with Gasteiger partial charge in [-0.3, -0.25) is 10.4 Å². The number of hydrogen-bond donors (Lipinski definition) is 2. The molecule has 0 bridgehead atoms. The third-order valence-electron chi connectivity index (χ3n) is 3.55. The molecule has 0 aliphatic heterocycles. The second kappa shape index (κ2) is 8.73. The number of rotatable bonds is 8. The first kappa shape index (κ1) is 16.7. The van der Waals surface area contributed by atoms with Gasteiger partial charge in [-0.2, -0.15) is 10.5 Å². The lowest BCUT2D eigenvalue weighted by atomic mass is 10.1. The molecular weight excluding hydrogens is 288 g/mol. The molecule has 6 heteroatoms. The van der Waals surface area contributed by atoms with Crippen LogP contribution in [0.25, 0.3) is 0 Å². The van der Waals surface area contributed by atoms with E-state index in [1.54, 1.807) is 24.5 Å². The van der Waals surface area contributed by atoms with Gasteiger partial charge in [0.05, 0.1) is 17.6 Å². The van der Waals surface area contributed by atoms with Crippen molar-refractivity contribution in [2.45, 2.75) is 39.0 Å². The van der Waals surface area contributed by atoms with Crippen molar-refractivity contribution in [2.75, 3.05) is 5.01 Å². The van der Waals surface area contributed by atoms with E-state index in [0.717, 1.165) is 18.5 Å². The molecule has 2 rings (SSSR count). The second-order valence-corrected chi connectivity index (χ2v) is 5.30. The molecule has 0 saturated heterocycles. The van der Waals surface area contributed by atoms with Crippen molar-refractivity contribution >= 4 is 11.5 Å². The van der Waals surface area contributed by atoms with Gasteiger partial charge in [-0.25, -0.2) is 4.98 Å². The molecule has 6 nitrogen and oxygen atoms in total. The molecule has 1 heterocycles. The van der Waals surface area contributed by atoms with Gasteiger partial charge in [0, 0.05) is 6.20 Å². The van der Waals surface area contributed by atoms with E-state index in [0.29, 0.717) is 11.4 Å². The smallest absolute Gasteiger partial charge is 0.175 e. The molecule has 1 aromatic heterocycles. The van der Waals surface area contributed by atoms with Crippen molar-refractivity contribution in [2.24, 2.45) is 5.22 Å². The van der Waals surface area contributed by atoms with Crippen LogP contribution < -0.4 is 5.01 Å². The van der Waals surface area contributed by atoms with Crippen LogP contribution in [0.5, 0.6) is 0 Å². The van der Waals surface area contributed by atoms with Crippen molar-refractivity contribution in [1.82, 2.24) is 9.97 Å². The summed E-state index contributed by atoms with van der Waals surface area (Å²) < 4.78 is 0. The Morgan fingerprint density at radius 3 is 2.48 bits per heavy atom. The van der Waals surface area contributed by atoms with E-state index in [4.69, 9.17) is 10.9 Å². The molecule has 0 amide bonds. The molecule has 2 N–H and O–H groups in total. The van der Waals surface area contributed by atoms with Crippen LogP contribution in [0.4, 0.5) is 5.69 Å². The first-order valence-corrected chi connectivity index (χ1v) is 7.88. The summed E-state index contributed by atoms with van der Waals surface area (Å²) in [4.78, 5) is 8.67. The van der Waals surface area contributed by atoms with Gasteiger partial charge in [0.25, 0.3) is 0 Å². The van der Waals surface area contributed by atoms with Gasteiger partial charge in [0.1, 0.15) is 5.69 Å². The summed E-state index contributed by atoms with van der Waals surface area (Å²) in [5, 5.41) is 12.8. The van der Waals surface area contributed by atoms with Crippen LogP contribution in [0.2, 0.25) is 0 Å². The number of anilines is 1. The molecule has 0 spiro atoms. The van der Waals surface area contributed by atoms with E-state index in [2.05, 4.69) is 22.1 Å². The predicted octanol–water partition coefficient (Wildman–Crippen LogP) is 4.38. The van der Waals surface area contributed by atoms with Crippen LogP contribution >= 0.6 is 0 Å². The normalized spacial score (nSPS) is 10.3. The van der Waals surface area contributed by atoms with Crippen LogP contribution in [-0.2, 0) is 6.42 Å². The van der Waals surface area contributed by atoms with Crippen LogP contribution in [0.3, 0.4) is 0 Å². The highest BCUT2D eigenvalue weighted by molar-refractivity contribution is 6.05. The minimum absolute atomic E-state index is 0.0382. The van der Waals surface area contributed by atoms with Crippen LogP contribution in [0.15, 0.2) is 47.9 Å². The summed E-state index contributed by atoms with van der Waals surface area (Å²) in [5.41, 5.74) is 9.30. The fourth-order valence-corrected chi connectivity index (χ4v) is 2.25. The standard InChI is InChI=1S/C17H22N6/c1-2-3-4-6-9-14-12-21-16(13-20-14)17(18)23(22-19)15-10-7-5-8-11-15/h5,7-8,10-13,18-19H,2-4,6,9H2,1H3. The summed E-state index contributed by atoms with van der Waals surface area (Å²) in [6.07, 6.45) is 8.97. The van der Waals surface area contributed by atoms with Crippen LogP contribution in [0.1, 0.15) is 44.0 Å². The van der Waals surface area contributed by atoms with Gasteiger partial charge in [-0.1, -0.05) is 49.6 Å². The Bertz CT molecular complexity index is 623. The molecule has 23 heavy (non-hydrogen) atoms. The molecule has 0 atom stereocenters. The molecule has 0 unspecified atom stereocenters. The highest BCUT2D eigenvalue weighted by Crippen LogP contribution is 2.16. The third kappa shape index (κ3) is 4.67. The molecule has 0 fully saturated rings. The minimum atomic E-state index is 0.0382. The zero-order valence-corrected chi connectivity index (χ0v) is 13.4. The summed E-state index contributed by atoms with van der Waals surface area (Å²) in [5.74, 6) is 0.0382. The van der Waals surface area contributed by atoms with Gasteiger partial charge >= 0.3 is 0 Å². The Kier molecular flexibility index (Phi) is 6.35. The molecule has 0 radical (unpaired) electrons. The second-order valence-electron chi connectivity index (χ2n) is 5.30. The number of para-hydroxylation sites is 1. The highest BCUT2D eigenvalue weighted by Gasteiger charge is 2.15. The Morgan fingerprint density at radius 2 is 1.87 bits per heavy atom. The highest BCUT2D eigenvalue weighted by atomic mass is 15.5. The van der Waals surface area contributed by atoms with E-state index < -0.39 is 0 Å². The number of aryl methyl sites for hydroxylation is 1. The zero-order valence-electron chi connectivity index (χ0n) is 13.4. The lowest BCUT2D eigenvalue weighted by Crippen LogP contribution is -2.26. The van der Waals surface area contributed by atoms with Gasteiger partial charge in [-0.15, -0.1) is 0 Å². The number of nitrogens with zero attached hydrogens (tertiary/aromatic N) is 4. The number of benzene rings is 1. The lowest BCUT2D eigenvalue weighted by Gasteiger charge is -2.16. The van der Waals surface area contributed by atoms with Gasteiger partial charge < -0.3 is 0 Å². The number of hydrogen-bond acceptors (Lipinski definition) is 5. The maximum Gasteiger partial charge on any atom is 0.175 e. The fourth-order valence-electron chi connectivity index (χ4n) is 2.25. The summed E-state index contributed by atoms with van der Waals surface area (Å²) in [6.45, 7) is 2.19. The van der Waals surface area contributed by atoms with Crippen molar-refractivity contribution in [3.05, 3.63) is 54.1 Å². The van der Waals surface area contributed by atoms with Crippen molar-refractivity contribution < 1.29 is 0 Å². The number of unbranched alkanes of at least 4 members (excludes halogenated alkanes) is 3. The maximum atomic E-state index is 8.20. The molecule has 2 aromatic rings. The number of nitrogens with one attached hydrogen (secondary N) is 2. The Labute approximate surface area is 136 Å². The SMILES string of the molecule is CCCCCCc1cnc(C(=N)N(N=N)c2ccccc2)cn1. The van der Waals surface area contributed by atoms with Crippen molar-refractivity contribution in [1.29, 1.82) is 10.9 Å². The largest absolute Gasteiger partial charge is 0.281 e. The van der Waals surface area contributed by atoms with Crippen molar-refractivity contribution in [3.63, 3.8) is 0 Å². The molecule has 0 aliphatic carbocycles. The molecule has 1 aromatic carbocycles. The van der Waals surface area contributed by atoms with E-state index in [1.807, 2.05) is 18.2 Å². The number of amidine groups is 1. The Balaban J connectivity index is 2.03. The number of aromatic nitrogens is 2. The van der Waals surface area contributed by atoms with E-state index >= 15 is 0 Å². The summed E-state index contributed by atoms with van der Waals surface area (Å²) in [7, 11) is 0. The maximum absolute atomic E-state index is 8.20. The summed E-state index contributed by atoms with van der Waals surface area (Å²) in [6, 6.07) is 9.14. The molecule has 0 aliphatic rings. The van der Waals surface area contributed by atoms with E-state index in [9.17, 15) is 0 Å². The summed E-state index contributed by atoms with van der Waals surface area (Å²) >= 11 is 0. The van der Waals surface area contributed by atoms with E-state index in [1.165, 1.54) is 24.3 Å². The van der Waals surface area contributed by atoms with E-state index in [-0.39, 0.29) is 5.84 Å². The minimum Gasteiger partial charge on any atom is -0.281 e. The molecular formula is C17H22N6. The van der Waals surface area contributed by atoms with Crippen LogP contribution in [0, 0.1) is 10.9 Å². The topological polar surface area (TPSA) is 89.1 Å². The predicted molar refractivity (Wildman–Crippen MR) is 90.8 cm³/mol.